The highest BCUT2D eigenvalue weighted by atomic mass is 32.2. The molecule has 0 saturated carbocycles. The summed E-state index contributed by atoms with van der Waals surface area (Å²) >= 11 is 0. The van der Waals surface area contributed by atoms with Crippen LogP contribution in [0.15, 0.2) is 20.7 Å². The summed E-state index contributed by atoms with van der Waals surface area (Å²) in [6.45, 7) is 1.83. The Hall–Kier alpha value is -1.45. The number of hydrogen-bond acceptors (Lipinski definition) is 5. The van der Waals surface area contributed by atoms with Gasteiger partial charge in [0.15, 0.2) is 4.90 Å². The summed E-state index contributed by atoms with van der Waals surface area (Å²) in [6, 6.07) is -0.426. The van der Waals surface area contributed by atoms with Gasteiger partial charge < -0.3 is 4.74 Å². The third-order valence-electron chi connectivity index (χ3n) is 2.12. The molecule has 0 aliphatic carbocycles. The predicted molar refractivity (Wildman–Crippen MR) is 59.3 cm³/mol. The standard InChI is InChI=1S/C8H13N3O5S/c1-5(4-16-2)11-3-6(17(9,14)15)7(12)10-8(11)13/h3,5H,4H2,1-2H3,(H2,9,14,15)(H,10,12,13). The first-order chi connectivity index (χ1) is 7.77. The van der Waals surface area contributed by atoms with E-state index in [0.717, 1.165) is 10.8 Å². The van der Waals surface area contributed by atoms with Crippen molar-refractivity contribution in [2.75, 3.05) is 13.7 Å². The molecule has 3 N–H and O–H groups in total. The second-order valence-corrected chi connectivity index (χ2v) is 5.04. The molecule has 1 heterocycles. The third kappa shape index (κ3) is 3.02. The molecule has 9 heteroatoms. The van der Waals surface area contributed by atoms with Gasteiger partial charge in [-0.15, -0.1) is 0 Å². The molecule has 17 heavy (non-hydrogen) atoms. The zero-order chi connectivity index (χ0) is 13.2. The highest BCUT2D eigenvalue weighted by molar-refractivity contribution is 7.89. The average Bonchev–Trinajstić information content (AvgIpc) is 2.15. The second kappa shape index (κ2) is 4.82. The Morgan fingerprint density at radius 3 is 2.59 bits per heavy atom. The molecule has 1 aromatic heterocycles. The highest BCUT2D eigenvalue weighted by Gasteiger charge is 2.17. The minimum absolute atomic E-state index is 0.190. The molecular formula is C8H13N3O5S. The van der Waals surface area contributed by atoms with E-state index < -0.39 is 32.2 Å². The van der Waals surface area contributed by atoms with E-state index in [4.69, 9.17) is 9.88 Å². The van der Waals surface area contributed by atoms with Gasteiger partial charge in [-0.05, 0) is 6.92 Å². The number of nitrogens with one attached hydrogen (secondary N) is 1. The molecule has 0 radical (unpaired) electrons. The lowest BCUT2D eigenvalue weighted by atomic mass is 10.3. The highest BCUT2D eigenvalue weighted by Crippen LogP contribution is 2.04. The van der Waals surface area contributed by atoms with E-state index in [1.807, 2.05) is 4.98 Å². The molecule has 1 rings (SSSR count). The SMILES string of the molecule is COCC(C)n1cc(S(N)(=O)=O)c(=O)[nH]c1=O. The van der Waals surface area contributed by atoms with Crippen LogP contribution in [0.2, 0.25) is 0 Å². The molecule has 1 unspecified atom stereocenters. The maximum Gasteiger partial charge on any atom is 0.328 e. The molecule has 0 amide bonds. The summed E-state index contributed by atoms with van der Waals surface area (Å²) in [4.78, 5) is 23.9. The number of hydrogen-bond donors (Lipinski definition) is 2. The number of sulfonamides is 1. The van der Waals surface area contributed by atoms with Gasteiger partial charge in [0.1, 0.15) is 0 Å². The van der Waals surface area contributed by atoms with Crippen molar-refractivity contribution in [2.24, 2.45) is 5.14 Å². The summed E-state index contributed by atoms with van der Waals surface area (Å²) in [6.07, 6.45) is 0.917. The van der Waals surface area contributed by atoms with Crippen molar-refractivity contribution in [3.05, 3.63) is 27.0 Å². The quantitative estimate of drug-likeness (QED) is 0.676. The zero-order valence-electron chi connectivity index (χ0n) is 9.34. The van der Waals surface area contributed by atoms with Crippen molar-refractivity contribution in [1.29, 1.82) is 0 Å². The molecule has 0 saturated heterocycles. The minimum Gasteiger partial charge on any atom is -0.383 e. The van der Waals surface area contributed by atoms with Gasteiger partial charge in [-0.3, -0.25) is 14.3 Å². The minimum atomic E-state index is -4.17. The van der Waals surface area contributed by atoms with Gasteiger partial charge in [-0.2, -0.15) is 0 Å². The van der Waals surface area contributed by atoms with Crippen LogP contribution in [-0.2, 0) is 14.8 Å². The number of primary sulfonamides is 1. The summed E-state index contributed by atoms with van der Waals surface area (Å²) in [5, 5.41) is 4.86. The lowest BCUT2D eigenvalue weighted by Crippen LogP contribution is -2.36. The van der Waals surface area contributed by atoms with Gasteiger partial charge in [0.05, 0.1) is 12.6 Å². The lowest BCUT2D eigenvalue weighted by Gasteiger charge is -2.13. The molecular weight excluding hydrogens is 250 g/mol. The number of rotatable bonds is 4. The molecule has 1 aromatic rings. The zero-order valence-corrected chi connectivity index (χ0v) is 10.2. The Balaban J connectivity index is 3.45. The molecule has 0 aliphatic heterocycles. The predicted octanol–water partition coefficient (Wildman–Crippen LogP) is -1.61. The van der Waals surface area contributed by atoms with Crippen LogP contribution in [-0.4, -0.2) is 31.7 Å². The van der Waals surface area contributed by atoms with Crippen LogP contribution in [0.5, 0.6) is 0 Å². The van der Waals surface area contributed by atoms with Crippen molar-refractivity contribution in [1.82, 2.24) is 9.55 Å². The molecule has 1 atom stereocenters. The number of nitrogens with zero attached hydrogens (tertiary/aromatic N) is 1. The lowest BCUT2D eigenvalue weighted by molar-refractivity contribution is 0.159. The average molecular weight is 263 g/mol. The van der Waals surface area contributed by atoms with Crippen LogP contribution in [0.3, 0.4) is 0 Å². The van der Waals surface area contributed by atoms with E-state index in [0.29, 0.717) is 0 Å². The monoisotopic (exact) mass is 263 g/mol. The fourth-order valence-electron chi connectivity index (χ4n) is 1.32. The van der Waals surface area contributed by atoms with Crippen LogP contribution in [0, 0.1) is 0 Å². The molecule has 0 aromatic carbocycles. The maximum absolute atomic E-state index is 11.5. The van der Waals surface area contributed by atoms with Crippen LogP contribution in [0.4, 0.5) is 0 Å². The van der Waals surface area contributed by atoms with Crippen molar-refractivity contribution < 1.29 is 13.2 Å². The summed E-state index contributed by atoms with van der Waals surface area (Å²) in [5.41, 5.74) is -1.75. The normalized spacial score (nSPS) is 13.6. The maximum atomic E-state index is 11.5. The van der Waals surface area contributed by atoms with E-state index in [1.165, 1.54) is 7.11 Å². The number of ether oxygens (including phenoxy) is 1. The van der Waals surface area contributed by atoms with E-state index in [9.17, 15) is 18.0 Å². The van der Waals surface area contributed by atoms with Gasteiger partial charge in [0.2, 0.25) is 10.0 Å². The van der Waals surface area contributed by atoms with Crippen LogP contribution >= 0.6 is 0 Å². The van der Waals surface area contributed by atoms with Gasteiger partial charge in [0, 0.05) is 13.3 Å². The Morgan fingerprint density at radius 2 is 2.12 bits per heavy atom. The topological polar surface area (TPSA) is 124 Å². The number of nitrogens with two attached hydrogens (primary N) is 1. The van der Waals surface area contributed by atoms with Crippen LogP contribution < -0.4 is 16.4 Å². The fourth-order valence-corrected chi connectivity index (χ4v) is 1.89. The van der Waals surface area contributed by atoms with E-state index in [2.05, 4.69) is 0 Å². The number of aromatic amines is 1. The number of H-pyrrole nitrogens is 1. The van der Waals surface area contributed by atoms with Crippen LogP contribution in [0.1, 0.15) is 13.0 Å². The first-order valence-electron chi connectivity index (χ1n) is 4.64. The van der Waals surface area contributed by atoms with Crippen molar-refractivity contribution in [3.8, 4) is 0 Å². The van der Waals surface area contributed by atoms with Gasteiger partial charge in [-0.1, -0.05) is 0 Å². The second-order valence-electron chi connectivity index (χ2n) is 3.51. The van der Waals surface area contributed by atoms with E-state index in [-0.39, 0.29) is 6.61 Å². The van der Waals surface area contributed by atoms with Crippen LogP contribution in [0.25, 0.3) is 0 Å². The Kier molecular flexibility index (Phi) is 3.86. The smallest absolute Gasteiger partial charge is 0.328 e. The largest absolute Gasteiger partial charge is 0.383 e. The first-order valence-corrected chi connectivity index (χ1v) is 6.19. The fraction of sp³-hybridized carbons (Fsp3) is 0.500. The first kappa shape index (κ1) is 13.6. The summed E-state index contributed by atoms with van der Waals surface area (Å²) < 4.78 is 28.1. The number of methoxy groups -OCH3 is 1. The Bertz CT molecular complexity index is 615. The van der Waals surface area contributed by atoms with Gasteiger partial charge >= 0.3 is 5.69 Å². The Morgan fingerprint density at radius 1 is 1.53 bits per heavy atom. The van der Waals surface area contributed by atoms with Crippen molar-refractivity contribution >= 4 is 10.0 Å². The molecule has 96 valence electrons. The summed E-state index contributed by atoms with van der Waals surface area (Å²) in [5.74, 6) is 0. The molecule has 0 spiro atoms. The van der Waals surface area contributed by atoms with Crippen molar-refractivity contribution in [2.45, 2.75) is 17.9 Å². The molecule has 0 fully saturated rings. The third-order valence-corrected chi connectivity index (χ3v) is 3.03. The van der Waals surface area contributed by atoms with Crippen molar-refractivity contribution in [3.63, 3.8) is 0 Å². The number of aromatic nitrogens is 2. The molecule has 8 nitrogen and oxygen atoms in total. The molecule has 0 aliphatic rings. The Labute approximate surface area is 97.1 Å². The summed E-state index contributed by atoms with van der Waals surface area (Å²) in [7, 11) is -2.73. The van der Waals surface area contributed by atoms with Gasteiger partial charge in [-0.25, -0.2) is 18.4 Å². The van der Waals surface area contributed by atoms with E-state index >= 15 is 0 Å². The molecule has 0 bridgehead atoms. The van der Waals surface area contributed by atoms with Gasteiger partial charge in [0.25, 0.3) is 5.56 Å². The van der Waals surface area contributed by atoms with E-state index in [1.54, 1.807) is 6.92 Å².